The van der Waals surface area contributed by atoms with Crippen LogP contribution >= 0.6 is 0 Å². The molecule has 1 heterocycles. The SMILES string of the molecule is CCCN1CC2C(C1)C2(F)F. The van der Waals surface area contributed by atoms with Gasteiger partial charge in [0.15, 0.2) is 0 Å². The third-order valence-corrected chi connectivity index (χ3v) is 2.81. The summed E-state index contributed by atoms with van der Waals surface area (Å²) >= 11 is 0. The smallest absolute Gasteiger partial charge is 0.257 e. The Bertz CT molecular complexity index is 155. The number of likely N-dealkylation sites (tertiary alicyclic amines) is 1. The maximum atomic E-state index is 12.6. The Morgan fingerprint density at radius 3 is 2.36 bits per heavy atom. The van der Waals surface area contributed by atoms with Gasteiger partial charge in [-0.05, 0) is 13.0 Å². The molecule has 2 rings (SSSR count). The number of rotatable bonds is 2. The van der Waals surface area contributed by atoms with Gasteiger partial charge in [-0.3, -0.25) is 0 Å². The lowest BCUT2D eigenvalue weighted by molar-refractivity contribution is 0.0535. The molecule has 2 unspecified atom stereocenters. The number of alkyl halides is 2. The lowest BCUT2D eigenvalue weighted by Gasteiger charge is -2.17. The first-order valence-electron chi connectivity index (χ1n) is 4.26. The fourth-order valence-corrected chi connectivity index (χ4v) is 2.09. The van der Waals surface area contributed by atoms with Crippen LogP contribution in [0, 0.1) is 11.8 Å². The highest BCUT2D eigenvalue weighted by Gasteiger charge is 2.71. The molecular weight excluding hydrogens is 148 g/mol. The van der Waals surface area contributed by atoms with Gasteiger partial charge in [-0.1, -0.05) is 6.92 Å². The minimum atomic E-state index is -2.30. The summed E-state index contributed by atoms with van der Waals surface area (Å²) in [7, 11) is 0. The molecule has 0 N–H and O–H groups in total. The number of hydrogen-bond acceptors (Lipinski definition) is 1. The maximum absolute atomic E-state index is 12.6. The van der Waals surface area contributed by atoms with Crippen molar-refractivity contribution >= 4 is 0 Å². The van der Waals surface area contributed by atoms with Gasteiger partial charge >= 0.3 is 0 Å². The normalized spacial score (nSPS) is 40.6. The summed E-state index contributed by atoms with van der Waals surface area (Å²) in [4.78, 5) is 2.15. The monoisotopic (exact) mass is 161 g/mol. The van der Waals surface area contributed by atoms with E-state index < -0.39 is 5.92 Å². The predicted molar refractivity (Wildman–Crippen MR) is 38.7 cm³/mol. The fraction of sp³-hybridized carbons (Fsp3) is 1.00. The van der Waals surface area contributed by atoms with Crippen molar-refractivity contribution in [3.8, 4) is 0 Å². The van der Waals surface area contributed by atoms with Crippen LogP contribution in [-0.2, 0) is 0 Å². The fourth-order valence-electron chi connectivity index (χ4n) is 2.09. The molecule has 1 aliphatic carbocycles. The van der Waals surface area contributed by atoms with E-state index in [-0.39, 0.29) is 11.8 Å². The molecule has 1 aliphatic heterocycles. The topological polar surface area (TPSA) is 3.24 Å². The van der Waals surface area contributed by atoms with E-state index in [0.717, 1.165) is 13.0 Å². The molecular formula is C8H13F2N. The average Bonchev–Trinajstić information content (AvgIpc) is 2.37. The first-order valence-corrected chi connectivity index (χ1v) is 4.26. The Labute approximate surface area is 65.4 Å². The minimum absolute atomic E-state index is 0.297. The van der Waals surface area contributed by atoms with E-state index in [1.54, 1.807) is 0 Å². The van der Waals surface area contributed by atoms with Crippen LogP contribution in [0.1, 0.15) is 13.3 Å². The van der Waals surface area contributed by atoms with Gasteiger partial charge in [-0.25, -0.2) is 8.78 Å². The number of hydrogen-bond donors (Lipinski definition) is 0. The van der Waals surface area contributed by atoms with Crippen molar-refractivity contribution in [2.45, 2.75) is 19.3 Å². The average molecular weight is 161 g/mol. The van der Waals surface area contributed by atoms with Crippen LogP contribution in [0.2, 0.25) is 0 Å². The molecule has 1 nitrogen and oxygen atoms in total. The second-order valence-corrected chi connectivity index (χ2v) is 3.65. The molecule has 2 aliphatic rings. The van der Waals surface area contributed by atoms with Gasteiger partial charge in [-0.15, -0.1) is 0 Å². The predicted octanol–water partition coefficient (Wildman–Crippen LogP) is 1.59. The van der Waals surface area contributed by atoms with Crippen molar-refractivity contribution in [1.29, 1.82) is 0 Å². The van der Waals surface area contributed by atoms with Crippen LogP contribution in [-0.4, -0.2) is 30.5 Å². The van der Waals surface area contributed by atoms with Crippen molar-refractivity contribution in [3.63, 3.8) is 0 Å². The van der Waals surface area contributed by atoms with Gasteiger partial charge < -0.3 is 4.90 Å². The highest BCUT2D eigenvalue weighted by molar-refractivity contribution is 5.11. The molecule has 1 saturated carbocycles. The van der Waals surface area contributed by atoms with Crippen LogP contribution in [0.25, 0.3) is 0 Å². The third-order valence-electron chi connectivity index (χ3n) is 2.81. The largest absolute Gasteiger partial charge is 0.302 e. The summed E-state index contributed by atoms with van der Waals surface area (Å²) in [5, 5.41) is 0. The van der Waals surface area contributed by atoms with Crippen LogP contribution in [0.15, 0.2) is 0 Å². The van der Waals surface area contributed by atoms with Crippen molar-refractivity contribution in [2.24, 2.45) is 11.8 Å². The Kier molecular flexibility index (Phi) is 1.46. The van der Waals surface area contributed by atoms with Crippen molar-refractivity contribution in [3.05, 3.63) is 0 Å². The zero-order chi connectivity index (χ0) is 8.06. The molecule has 0 aromatic heterocycles. The van der Waals surface area contributed by atoms with Gasteiger partial charge in [0.1, 0.15) is 0 Å². The summed E-state index contributed by atoms with van der Waals surface area (Å²) in [5.41, 5.74) is 0. The molecule has 0 radical (unpaired) electrons. The van der Waals surface area contributed by atoms with Crippen LogP contribution in [0.4, 0.5) is 8.78 Å². The molecule has 2 atom stereocenters. The van der Waals surface area contributed by atoms with Gasteiger partial charge in [0.25, 0.3) is 5.92 Å². The second-order valence-electron chi connectivity index (χ2n) is 3.65. The standard InChI is InChI=1S/C8H13F2N/c1-2-3-11-4-6-7(5-11)8(6,9)10/h6-7H,2-5H2,1H3. The van der Waals surface area contributed by atoms with E-state index in [1.165, 1.54) is 0 Å². The van der Waals surface area contributed by atoms with Gasteiger partial charge in [0, 0.05) is 24.9 Å². The molecule has 0 aromatic rings. The lowest BCUT2D eigenvalue weighted by Crippen LogP contribution is -2.28. The zero-order valence-electron chi connectivity index (χ0n) is 6.69. The zero-order valence-corrected chi connectivity index (χ0v) is 6.69. The van der Waals surface area contributed by atoms with E-state index in [1.807, 2.05) is 0 Å². The summed E-state index contributed by atoms with van der Waals surface area (Å²) in [5.74, 6) is -2.90. The van der Waals surface area contributed by atoms with Crippen molar-refractivity contribution in [2.75, 3.05) is 19.6 Å². The molecule has 0 aromatic carbocycles. The summed E-state index contributed by atoms with van der Waals surface area (Å²) in [6, 6.07) is 0. The number of piperidine rings is 1. The molecule has 3 heteroatoms. The maximum Gasteiger partial charge on any atom is 0.257 e. The summed E-state index contributed by atoms with van der Waals surface area (Å²) in [6.07, 6.45) is 1.07. The van der Waals surface area contributed by atoms with Gasteiger partial charge in [-0.2, -0.15) is 0 Å². The number of halogens is 2. The van der Waals surface area contributed by atoms with Crippen LogP contribution in [0.3, 0.4) is 0 Å². The quantitative estimate of drug-likeness (QED) is 0.594. The van der Waals surface area contributed by atoms with E-state index >= 15 is 0 Å². The minimum Gasteiger partial charge on any atom is -0.302 e. The van der Waals surface area contributed by atoms with Gasteiger partial charge in [0.2, 0.25) is 0 Å². The van der Waals surface area contributed by atoms with Crippen molar-refractivity contribution < 1.29 is 8.78 Å². The van der Waals surface area contributed by atoms with Crippen LogP contribution < -0.4 is 0 Å². The number of nitrogens with zero attached hydrogens (tertiary/aromatic N) is 1. The van der Waals surface area contributed by atoms with Gasteiger partial charge in [0.05, 0.1) is 0 Å². The Balaban J connectivity index is 1.85. The Morgan fingerprint density at radius 1 is 1.36 bits per heavy atom. The molecule has 1 saturated heterocycles. The lowest BCUT2D eigenvalue weighted by atomic mass is 10.3. The summed E-state index contributed by atoms with van der Waals surface area (Å²) < 4.78 is 25.3. The van der Waals surface area contributed by atoms with Crippen LogP contribution in [0.5, 0.6) is 0 Å². The molecule has 11 heavy (non-hydrogen) atoms. The highest BCUT2D eigenvalue weighted by atomic mass is 19.3. The number of fused-ring (bicyclic) bond motifs is 1. The molecule has 2 fully saturated rings. The van der Waals surface area contributed by atoms with Crippen molar-refractivity contribution in [1.82, 2.24) is 4.90 Å². The molecule has 64 valence electrons. The van der Waals surface area contributed by atoms with E-state index in [2.05, 4.69) is 11.8 Å². The Hall–Kier alpha value is -0.180. The highest BCUT2D eigenvalue weighted by Crippen LogP contribution is 2.59. The molecule has 0 bridgehead atoms. The second kappa shape index (κ2) is 2.16. The molecule has 0 amide bonds. The first kappa shape index (κ1) is 7.47. The van der Waals surface area contributed by atoms with E-state index in [0.29, 0.717) is 13.1 Å². The van der Waals surface area contributed by atoms with E-state index in [4.69, 9.17) is 0 Å². The summed E-state index contributed by atoms with van der Waals surface area (Å²) in [6.45, 7) is 4.34. The Morgan fingerprint density at radius 2 is 1.91 bits per heavy atom. The third kappa shape index (κ3) is 0.975. The van der Waals surface area contributed by atoms with E-state index in [9.17, 15) is 8.78 Å². The molecule has 0 spiro atoms. The first-order chi connectivity index (χ1) is 5.16.